The van der Waals surface area contributed by atoms with Crippen LogP contribution in [0.4, 0.5) is 10.1 Å². The smallest absolute Gasteiger partial charge is 0.258 e. The van der Waals surface area contributed by atoms with Crippen LogP contribution in [0.2, 0.25) is 5.02 Å². The van der Waals surface area contributed by atoms with Gasteiger partial charge in [-0.2, -0.15) is 0 Å². The number of nitrogens with zero attached hydrogens (tertiary/aromatic N) is 1. The summed E-state index contributed by atoms with van der Waals surface area (Å²) in [5.41, 5.74) is 6.37. The van der Waals surface area contributed by atoms with Gasteiger partial charge in [-0.1, -0.05) is 23.7 Å². The second kappa shape index (κ2) is 7.84. The summed E-state index contributed by atoms with van der Waals surface area (Å²) < 4.78 is 24.8. The van der Waals surface area contributed by atoms with Crippen LogP contribution in [0.5, 0.6) is 11.5 Å². The Morgan fingerprint density at radius 2 is 2.11 bits per heavy atom. The lowest BCUT2D eigenvalue weighted by Gasteiger charge is -2.30. The number of aryl methyl sites for hydroxylation is 1. The third-order valence-corrected chi connectivity index (χ3v) is 4.53. The van der Waals surface area contributed by atoms with Crippen molar-refractivity contribution in [2.24, 2.45) is 5.73 Å². The predicted molar refractivity (Wildman–Crippen MR) is 99.1 cm³/mol. The Bertz CT molecular complexity index is 904. The third kappa shape index (κ3) is 3.83. The molecule has 2 amide bonds. The largest absolute Gasteiger partial charge is 0.493 e. The highest BCUT2D eigenvalue weighted by molar-refractivity contribution is 6.33. The van der Waals surface area contributed by atoms with Crippen LogP contribution in [0.3, 0.4) is 0 Å². The van der Waals surface area contributed by atoms with Crippen molar-refractivity contribution in [2.45, 2.75) is 12.8 Å². The van der Waals surface area contributed by atoms with Crippen molar-refractivity contribution in [3.63, 3.8) is 0 Å². The van der Waals surface area contributed by atoms with Gasteiger partial charge in [-0.3, -0.25) is 9.59 Å². The number of carbonyl (C=O) groups is 2. The van der Waals surface area contributed by atoms with E-state index >= 15 is 0 Å². The number of nitrogens with two attached hydrogens (primary N) is 1. The summed E-state index contributed by atoms with van der Waals surface area (Å²) in [5, 5.41) is 0.0877. The van der Waals surface area contributed by atoms with Gasteiger partial charge >= 0.3 is 0 Å². The summed E-state index contributed by atoms with van der Waals surface area (Å²) in [4.78, 5) is 25.4. The van der Waals surface area contributed by atoms with Crippen LogP contribution >= 0.6 is 11.6 Å². The number of fused-ring (bicyclic) bond motifs is 1. The van der Waals surface area contributed by atoms with E-state index in [4.69, 9.17) is 26.8 Å². The van der Waals surface area contributed by atoms with Crippen molar-refractivity contribution >= 4 is 29.1 Å². The first-order valence-corrected chi connectivity index (χ1v) is 8.68. The first kappa shape index (κ1) is 19.0. The minimum atomic E-state index is -0.673. The van der Waals surface area contributed by atoms with Crippen LogP contribution < -0.4 is 20.1 Å². The number of carbonyl (C=O) groups excluding carboxylic acids is 2. The number of para-hydroxylation sites is 1. The molecule has 3 rings (SSSR count). The van der Waals surface area contributed by atoms with E-state index in [2.05, 4.69) is 0 Å². The summed E-state index contributed by atoms with van der Waals surface area (Å²) in [6.45, 7) is 0.0146. The number of primary amides is 1. The lowest BCUT2D eigenvalue weighted by molar-refractivity contribution is -0.119. The van der Waals surface area contributed by atoms with Crippen molar-refractivity contribution in [1.29, 1.82) is 0 Å². The van der Waals surface area contributed by atoms with Crippen molar-refractivity contribution in [2.75, 3.05) is 25.2 Å². The Labute approximate surface area is 160 Å². The molecule has 2 N–H and O–H groups in total. The molecule has 2 aromatic carbocycles. The number of ether oxygens (including phenoxy) is 2. The monoisotopic (exact) mass is 392 g/mol. The van der Waals surface area contributed by atoms with Gasteiger partial charge in [-0.05, 0) is 36.6 Å². The summed E-state index contributed by atoms with van der Waals surface area (Å²) in [6.07, 6.45) is 1.44. The van der Waals surface area contributed by atoms with Crippen LogP contribution in [0.1, 0.15) is 22.3 Å². The van der Waals surface area contributed by atoms with Gasteiger partial charge in [-0.15, -0.1) is 0 Å². The van der Waals surface area contributed by atoms with Crippen molar-refractivity contribution in [3.05, 3.63) is 52.3 Å². The third-order valence-electron chi connectivity index (χ3n) is 4.25. The lowest BCUT2D eigenvalue weighted by atomic mass is 10.00. The molecule has 0 aliphatic carbocycles. The fourth-order valence-electron chi connectivity index (χ4n) is 3.09. The fourth-order valence-corrected chi connectivity index (χ4v) is 3.35. The van der Waals surface area contributed by atoms with Crippen LogP contribution in [-0.2, 0) is 11.2 Å². The zero-order chi connectivity index (χ0) is 19.6. The van der Waals surface area contributed by atoms with Gasteiger partial charge in [0.15, 0.2) is 18.1 Å². The predicted octanol–water partition coefficient (Wildman–Crippen LogP) is 2.94. The van der Waals surface area contributed by atoms with Gasteiger partial charge in [0.1, 0.15) is 5.82 Å². The van der Waals surface area contributed by atoms with Crippen LogP contribution in [0.15, 0.2) is 30.3 Å². The number of halogens is 2. The number of methoxy groups -OCH3 is 1. The second-order valence-electron chi connectivity index (χ2n) is 6.05. The molecular weight excluding hydrogens is 375 g/mol. The highest BCUT2D eigenvalue weighted by Crippen LogP contribution is 2.38. The minimum absolute atomic E-state index is 0.0877. The van der Waals surface area contributed by atoms with Crippen molar-refractivity contribution < 1.29 is 23.5 Å². The normalized spacial score (nSPS) is 13.1. The molecule has 0 bridgehead atoms. The summed E-state index contributed by atoms with van der Waals surface area (Å²) in [5.74, 6) is -1.23. The van der Waals surface area contributed by atoms with Crippen LogP contribution in [0, 0.1) is 5.82 Å². The molecule has 8 heteroatoms. The van der Waals surface area contributed by atoms with Gasteiger partial charge in [0, 0.05) is 12.1 Å². The van der Waals surface area contributed by atoms with E-state index in [0.717, 1.165) is 12.0 Å². The number of anilines is 1. The topological polar surface area (TPSA) is 81.9 Å². The summed E-state index contributed by atoms with van der Waals surface area (Å²) in [7, 11) is 1.38. The second-order valence-corrected chi connectivity index (χ2v) is 6.46. The molecule has 1 heterocycles. The van der Waals surface area contributed by atoms with E-state index in [0.29, 0.717) is 13.0 Å². The molecule has 0 fully saturated rings. The fraction of sp³-hybridized carbons (Fsp3) is 0.263. The van der Waals surface area contributed by atoms with E-state index in [1.807, 2.05) is 6.07 Å². The molecule has 1 aliphatic rings. The highest BCUT2D eigenvalue weighted by atomic mass is 35.5. The van der Waals surface area contributed by atoms with Crippen molar-refractivity contribution in [3.8, 4) is 11.5 Å². The quantitative estimate of drug-likeness (QED) is 0.848. The van der Waals surface area contributed by atoms with E-state index in [-0.39, 0.29) is 34.4 Å². The number of rotatable bonds is 5. The Morgan fingerprint density at radius 1 is 1.33 bits per heavy atom. The summed E-state index contributed by atoms with van der Waals surface area (Å²) in [6, 6.07) is 7.62. The van der Waals surface area contributed by atoms with Gasteiger partial charge in [-0.25, -0.2) is 4.39 Å². The van der Waals surface area contributed by atoms with Gasteiger partial charge < -0.3 is 20.1 Å². The molecule has 142 valence electrons. The molecule has 0 saturated heterocycles. The number of amides is 2. The van der Waals surface area contributed by atoms with E-state index < -0.39 is 17.6 Å². The molecule has 0 unspecified atom stereocenters. The lowest BCUT2D eigenvalue weighted by Crippen LogP contribution is -2.36. The zero-order valence-electron chi connectivity index (χ0n) is 14.6. The maximum atomic E-state index is 14.4. The van der Waals surface area contributed by atoms with Gasteiger partial charge in [0.2, 0.25) is 0 Å². The first-order valence-electron chi connectivity index (χ1n) is 8.30. The molecule has 0 aromatic heterocycles. The maximum Gasteiger partial charge on any atom is 0.258 e. The van der Waals surface area contributed by atoms with E-state index in [1.54, 1.807) is 6.07 Å². The zero-order valence-corrected chi connectivity index (χ0v) is 15.4. The summed E-state index contributed by atoms with van der Waals surface area (Å²) >= 11 is 6.21. The number of hydrogen-bond donors (Lipinski definition) is 1. The molecule has 1 aliphatic heterocycles. The number of benzene rings is 2. The average molecular weight is 393 g/mol. The highest BCUT2D eigenvalue weighted by Gasteiger charge is 2.28. The molecule has 6 nitrogen and oxygen atoms in total. The molecule has 0 saturated carbocycles. The molecule has 2 aromatic rings. The Hall–Kier alpha value is -2.80. The molecule has 0 spiro atoms. The average Bonchev–Trinajstić information content (AvgIpc) is 2.65. The standard InChI is InChI=1S/C19H18ClFN2O4/c1-26-15-9-12(8-13(20)18(15)27-10-16(22)24)19(25)23-7-3-5-11-4-2-6-14(21)17(11)23/h2,4,6,8-9H,3,5,7,10H2,1H3,(H2,22,24). The molecule has 27 heavy (non-hydrogen) atoms. The van der Waals surface area contributed by atoms with Gasteiger partial charge in [0.25, 0.3) is 11.8 Å². The van der Waals surface area contributed by atoms with Crippen molar-refractivity contribution in [1.82, 2.24) is 0 Å². The van der Waals surface area contributed by atoms with E-state index in [1.165, 1.54) is 30.2 Å². The number of hydrogen-bond acceptors (Lipinski definition) is 4. The Kier molecular flexibility index (Phi) is 5.51. The molecule has 0 radical (unpaired) electrons. The SMILES string of the molecule is COc1cc(C(=O)N2CCCc3cccc(F)c32)cc(Cl)c1OCC(N)=O. The maximum absolute atomic E-state index is 14.4. The Balaban J connectivity index is 1.97. The van der Waals surface area contributed by atoms with Gasteiger partial charge in [0.05, 0.1) is 17.8 Å². The molecular formula is C19H18ClFN2O4. The molecule has 0 atom stereocenters. The first-order chi connectivity index (χ1) is 12.9. The van der Waals surface area contributed by atoms with Crippen LogP contribution in [0.25, 0.3) is 0 Å². The van der Waals surface area contributed by atoms with Crippen LogP contribution in [-0.4, -0.2) is 32.1 Å². The Morgan fingerprint density at radius 3 is 2.81 bits per heavy atom. The van der Waals surface area contributed by atoms with E-state index in [9.17, 15) is 14.0 Å². The minimum Gasteiger partial charge on any atom is -0.493 e.